The first-order chi connectivity index (χ1) is 11.7. The van der Waals surface area contributed by atoms with E-state index in [4.69, 9.17) is 0 Å². The summed E-state index contributed by atoms with van der Waals surface area (Å²) < 4.78 is 0. The molecular weight excluding hydrogens is 320 g/mol. The van der Waals surface area contributed by atoms with Crippen molar-refractivity contribution in [1.82, 2.24) is 0 Å². The molecule has 0 heterocycles. The van der Waals surface area contributed by atoms with Gasteiger partial charge in [0.25, 0.3) is 0 Å². The van der Waals surface area contributed by atoms with Gasteiger partial charge in [-0.1, -0.05) is 77.9 Å². The van der Waals surface area contributed by atoms with Crippen LogP contribution >= 0.6 is 0 Å². The molecular formula is C20H37O5-. The lowest BCUT2D eigenvalue weighted by atomic mass is 9.87. The second-order valence-electron chi connectivity index (χ2n) is 7.63. The first-order valence-corrected chi connectivity index (χ1v) is 9.64. The fourth-order valence-electron chi connectivity index (χ4n) is 2.62. The van der Waals surface area contributed by atoms with Crippen molar-refractivity contribution in [2.45, 2.75) is 103 Å². The number of carbonyl (C=O) groups is 1. The molecule has 0 saturated heterocycles. The smallest absolute Gasteiger partial charge is 0.0980 e. The highest BCUT2D eigenvalue weighted by Gasteiger charge is 2.18. The van der Waals surface area contributed by atoms with E-state index in [1.165, 1.54) is 6.08 Å². The topological polar surface area (TPSA) is 101 Å². The molecule has 0 aromatic carbocycles. The molecule has 0 aliphatic heterocycles. The Morgan fingerprint density at radius 1 is 0.960 bits per heavy atom. The van der Waals surface area contributed by atoms with Gasteiger partial charge in [-0.2, -0.15) is 0 Å². The fourth-order valence-corrected chi connectivity index (χ4v) is 2.62. The SMILES string of the molecule is CCCCCC(O)/C=C/C(O)C(O)CCCCCCC(C)(C)C(=O)[O-]. The van der Waals surface area contributed by atoms with Gasteiger partial charge >= 0.3 is 0 Å². The summed E-state index contributed by atoms with van der Waals surface area (Å²) in [6, 6.07) is 0. The molecule has 0 aromatic heterocycles. The van der Waals surface area contributed by atoms with Gasteiger partial charge < -0.3 is 25.2 Å². The molecule has 3 atom stereocenters. The first kappa shape index (κ1) is 24.1. The molecule has 3 N–H and O–H groups in total. The van der Waals surface area contributed by atoms with Crippen molar-refractivity contribution < 1.29 is 25.2 Å². The van der Waals surface area contributed by atoms with Crippen molar-refractivity contribution in [3.63, 3.8) is 0 Å². The molecule has 0 rings (SSSR count). The van der Waals surface area contributed by atoms with E-state index in [0.717, 1.165) is 44.9 Å². The normalized spacial score (nSPS) is 16.1. The summed E-state index contributed by atoms with van der Waals surface area (Å²) in [5.74, 6) is -1.02. The highest BCUT2D eigenvalue weighted by Crippen LogP contribution is 2.23. The molecule has 5 heteroatoms. The number of hydrogen-bond acceptors (Lipinski definition) is 5. The van der Waals surface area contributed by atoms with Gasteiger partial charge in [-0.05, 0) is 19.3 Å². The van der Waals surface area contributed by atoms with Crippen molar-refractivity contribution >= 4 is 5.97 Å². The van der Waals surface area contributed by atoms with Crippen LogP contribution in [-0.2, 0) is 4.79 Å². The van der Waals surface area contributed by atoms with E-state index < -0.39 is 29.7 Å². The maximum absolute atomic E-state index is 10.9. The zero-order chi connectivity index (χ0) is 19.3. The standard InChI is InChI=1S/C20H38O5/c1-4-5-8-11-16(21)13-14-18(23)17(22)12-9-6-7-10-15-20(2,3)19(24)25/h13-14,16-18,21-23H,4-12,15H2,1-3H3,(H,24,25)/p-1/b14-13+. The van der Waals surface area contributed by atoms with Crippen LogP contribution in [0.1, 0.15) is 85.0 Å². The molecule has 148 valence electrons. The molecule has 25 heavy (non-hydrogen) atoms. The molecule has 0 aromatic rings. The van der Waals surface area contributed by atoms with Crippen LogP contribution in [0.2, 0.25) is 0 Å². The van der Waals surface area contributed by atoms with Gasteiger partial charge in [0.1, 0.15) is 0 Å². The maximum Gasteiger partial charge on any atom is 0.0980 e. The quantitative estimate of drug-likeness (QED) is 0.308. The molecule has 0 bridgehead atoms. The predicted molar refractivity (Wildman–Crippen MR) is 97.8 cm³/mol. The molecule has 5 nitrogen and oxygen atoms in total. The van der Waals surface area contributed by atoms with Crippen LogP contribution in [0.3, 0.4) is 0 Å². The van der Waals surface area contributed by atoms with Gasteiger partial charge in [-0.3, -0.25) is 0 Å². The third-order valence-electron chi connectivity index (χ3n) is 4.63. The highest BCUT2D eigenvalue weighted by atomic mass is 16.4. The molecule has 0 amide bonds. The number of hydrogen-bond donors (Lipinski definition) is 3. The Labute approximate surface area is 152 Å². The first-order valence-electron chi connectivity index (χ1n) is 9.64. The average Bonchev–Trinajstić information content (AvgIpc) is 2.55. The molecule has 0 aliphatic carbocycles. The van der Waals surface area contributed by atoms with Gasteiger partial charge in [-0.15, -0.1) is 0 Å². The number of unbranched alkanes of at least 4 members (excludes halogenated alkanes) is 5. The predicted octanol–water partition coefficient (Wildman–Crippen LogP) is 2.32. The van der Waals surface area contributed by atoms with Crippen LogP contribution in [-0.4, -0.2) is 39.6 Å². The van der Waals surface area contributed by atoms with E-state index in [0.29, 0.717) is 19.3 Å². The number of carboxylic acids is 1. The zero-order valence-electron chi connectivity index (χ0n) is 16.1. The minimum atomic E-state index is -1.02. The summed E-state index contributed by atoms with van der Waals surface area (Å²) in [5, 5.41) is 40.5. The van der Waals surface area contributed by atoms with E-state index >= 15 is 0 Å². The second-order valence-corrected chi connectivity index (χ2v) is 7.63. The monoisotopic (exact) mass is 357 g/mol. The van der Waals surface area contributed by atoms with Crippen molar-refractivity contribution in [1.29, 1.82) is 0 Å². The van der Waals surface area contributed by atoms with Crippen LogP contribution in [0.15, 0.2) is 12.2 Å². The van der Waals surface area contributed by atoms with Crippen LogP contribution in [0, 0.1) is 5.41 Å². The highest BCUT2D eigenvalue weighted by molar-refractivity contribution is 5.71. The third kappa shape index (κ3) is 12.1. The van der Waals surface area contributed by atoms with Gasteiger partial charge in [0.2, 0.25) is 0 Å². The zero-order valence-corrected chi connectivity index (χ0v) is 16.1. The number of aliphatic carboxylic acids is 1. The van der Waals surface area contributed by atoms with E-state index in [9.17, 15) is 25.2 Å². The van der Waals surface area contributed by atoms with Gasteiger partial charge in [0, 0.05) is 11.4 Å². The van der Waals surface area contributed by atoms with Crippen molar-refractivity contribution in [3.05, 3.63) is 12.2 Å². The lowest BCUT2D eigenvalue weighted by molar-refractivity contribution is -0.317. The van der Waals surface area contributed by atoms with Gasteiger partial charge in [-0.25, -0.2) is 0 Å². The number of carbonyl (C=O) groups excluding carboxylic acids is 1. The Balaban J connectivity index is 3.83. The summed E-state index contributed by atoms with van der Waals surface area (Å²) in [7, 11) is 0. The summed E-state index contributed by atoms with van der Waals surface area (Å²) in [4.78, 5) is 10.9. The summed E-state index contributed by atoms with van der Waals surface area (Å²) in [5.41, 5.74) is -0.793. The van der Waals surface area contributed by atoms with Crippen LogP contribution < -0.4 is 5.11 Å². The molecule has 0 spiro atoms. The molecule has 3 unspecified atom stereocenters. The number of aliphatic hydroxyl groups is 3. The van der Waals surface area contributed by atoms with Crippen molar-refractivity contribution in [2.75, 3.05) is 0 Å². The van der Waals surface area contributed by atoms with Crippen LogP contribution in [0.4, 0.5) is 0 Å². The fraction of sp³-hybridized carbons (Fsp3) is 0.850. The molecule has 0 saturated carbocycles. The molecule has 0 aliphatic rings. The van der Waals surface area contributed by atoms with E-state index in [2.05, 4.69) is 6.92 Å². The number of carboxylic acid groups (broad SMARTS) is 1. The Kier molecular flexibility index (Phi) is 12.8. The lowest BCUT2D eigenvalue weighted by Gasteiger charge is -2.25. The van der Waals surface area contributed by atoms with E-state index in [1.807, 2.05) is 0 Å². The number of rotatable bonds is 15. The Morgan fingerprint density at radius 3 is 2.16 bits per heavy atom. The van der Waals surface area contributed by atoms with Crippen molar-refractivity contribution in [2.24, 2.45) is 5.41 Å². The molecule has 0 radical (unpaired) electrons. The summed E-state index contributed by atoms with van der Waals surface area (Å²) in [6.45, 7) is 5.45. The largest absolute Gasteiger partial charge is 0.550 e. The number of aliphatic hydroxyl groups excluding tert-OH is 3. The van der Waals surface area contributed by atoms with Gasteiger partial charge in [0.15, 0.2) is 0 Å². The second kappa shape index (κ2) is 13.3. The Morgan fingerprint density at radius 2 is 1.56 bits per heavy atom. The third-order valence-corrected chi connectivity index (χ3v) is 4.63. The van der Waals surface area contributed by atoms with E-state index in [-0.39, 0.29) is 0 Å². The summed E-state index contributed by atoms with van der Waals surface area (Å²) >= 11 is 0. The lowest BCUT2D eigenvalue weighted by Crippen LogP contribution is -2.37. The van der Waals surface area contributed by atoms with Crippen molar-refractivity contribution in [3.8, 4) is 0 Å². The van der Waals surface area contributed by atoms with E-state index in [1.54, 1.807) is 19.9 Å². The molecule has 0 fully saturated rings. The van der Waals surface area contributed by atoms with Crippen LogP contribution in [0.25, 0.3) is 0 Å². The minimum absolute atomic E-state index is 0.487. The van der Waals surface area contributed by atoms with Gasteiger partial charge in [0.05, 0.1) is 18.3 Å². The average molecular weight is 358 g/mol. The maximum atomic E-state index is 10.9. The van der Waals surface area contributed by atoms with Crippen LogP contribution in [0.5, 0.6) is 0 Å². The Bertz CT molecular complexity index is 378. The minimum Gasteiger partial charge on any atom is -0.550 e. The Hall–Kier alpha value is -0.910. The summed E-state index contributed by atoms with van der Waals surface area (Å²) in [6.07, 6.45) is 8.92.